The Labute approximate surface area is 185 Å². The Balaban J connectivity index is 1.51. The van der Waals surface area contributed by atoms with Crippen molar-refractivity contribution < 1.29 is 14.3 Å². The highest BCUT2D eigenvalue weighted by atomic mass is 32.1. The van der Waals surface area contributed by atoms with Crippen molar-refractivity contribution >= 4 is 33.1 Å². The minimum Gasteiger partial charge on any atom is -0.378 e. The Morgan fingerprint density at radius 2 is 1.90 bits per heavy atom. The second-order valence-corrected chi connectivity index (χ2v) is 9.02. The van der Waals surface area contributed by atoms with E-state index in [-0.39, 0.29) is 12.0 Å². The lowest BCUT2D eigenvalue weighted by Crippen LogP contribution is -2.42. The predicted molar refractivity (Wildman–Crippen MR) is 121 cm³/mol. The fraction of sp³-hybridized carbons (Fsp3) is 0.435. The van der Waals surface area contributed by atoms with Gasteiger partial charge in [-0.05, 0) is 25.3 Å². The van der Waals surface area contributed by atoms with E-state index in [0.717, 1.165) is 44.4 Å². The summed E-state index contributed by atoms with van der Waals surface area (Å²) in [5.41, 5.74) is 1.96. The van der Waals surface area contributed by atoms with Crippen LogP contribution in [0.2, 0.25) is 0 Å². The molecule has 2 aliphatic heterocycles. The number of hydrogen-bond acceptors (Lipinski definition) is 7. The molecule has 4 heterocycles. The molecule has 0 aliphatic carbocycles. The zero-order chi connectivity index (χ0) is 21.4. The molecule has 1 aromatic carbocycles. The van der Waals surface area contributed by atoms with E-state index < -0.39 is 0 Å². The molecule has 5 rings (SSSR count). The van der Waals surface area contributed by atoms with E-state index in [1.165, 1.54) is 0 Å². The number of rotatable bonds is 3. The van der Waals surface area contributed by atoms with Crippen LogP contribution >= 0.6 is 11.3 Å². The van der Waals surface area contributed by atoms with Crippen LogP contribution in [0.4, 0.5) is 5.82 Å². The first-order chi connectivity index (χ1) is 15.1. The number of benzene rings is 1. The fourth-order valence-electron chi connectivity index (χ4n) is 4.35. The third-order valence-corrected chi connectivity index (χ3v) is 6.97. The standard InChI is InChI=1S/C23H26N4O3S/c1-15-13-20(25-16(2)24-15)27-9-12-30-18(14-27)21-17-5-3-4-6-19(17)31-22(21)23(28)26-7-10-29-11-8-26/h3-6,13,18H,7-12,14H2,1-2H3/t18-/m1/s1. The van der Waals surface area contributed by atoms with E-state index in [9.17, 15) is 4.79 Å². The quantitative estimate of drug-likeness (QED) is 0.625. The molecule has 1 amide bonds. The summed E-state index contributed by atoms with van der Waals surface area (Å²) in [6.45, 7) is 8.34. The monoisotopic (exact) mass is 438 g/mol. The molecule has 0 radical (unpaired) electrons. The smallest absolute Gasteiger partial charge is 0.264 e. The Bertz CT molecular complexity index is 1090. The summed E-state index contributed by atoms with van der Waals surface area (Å²) in [6.07, 6.45) is -0.194. The van der Waals surface area contributed by atoms with Gasteiger partial charge in [-0.1, -0.05) is 18.2 Å². The van der Waals surface area contributed by atoms with Crippen LogP contribution in [0, 0.1) is 13.8 Å². The summed E-state index contributed by atoms with van der Waals surface area (Å²) in [5, 5.41) is 1.10. The zero-order valence-electron chi connectivity index (χ0n) is 17.8. The minimum atomic E-state index is -0.194. The number of aromatic nitrogens is 2. The molecule has 31 heavy (non-hydrogen) atoms. The van der Waals surface area contributed by atoms with Crippen LogP contribution in [-0.2, 0) is 9.47 Å². The van der Waals surface area contributed by atoms with Gasteiger partial charge in [0.05, 0.1) is 24.7 Å². The van der Waals surface area contributed by atoms with Crippen LogP contribution in [0.5, 0.6) is 0 Å². The number of carbonyl (C=O) groups is 1. The number of hydrogen-bond donors (Lipinski definition) is 0. The molecule has 0 spiro atoms. The molecule has 2 aromatic heterocycles. The van der Waals surface area contributed by atoms with Crippen LogP contribution in [0.1, 0.15) is 32.9 Å². The number of thiophene rings is 1. The summed E-state index contributed by atoms with van der Waals surface area (Å²) in [5.74, 6) is 1.76. The third-order valence-electron chi connectivity index (χ3n) is 5.79. The van der Waals surface area contributed by atoms with Crippen LogP contribution < -0.4 is 4.90 Å². The van der Waals surface area contributed by atoms with E-state index in [0.29, 0.717) is 39.5 Å². The van der Waals surface area contributed by atoms with Crippen molar-refractivity contribution in [2.75, 3.05) is 50.9 Å². The lowest BCUT2D eigenvalue weighted by Gasteiger charge is -2.35. The van der Waals surface area contributed by atoms with Crippen molar-refractivity contribution in [2.45, 2.75) is 20.0 Å². The van der Waals surface area contributed by atoms with Crippen molar-refractivity contribution in [1.29, 1.82) is 0 Å². The van der Waals surface area contributed by atoms with Crippen molar-refractivity contribution in [3.8, 4) is 0 Å². The largest absolute Gasteiger partial charge is 0.378 e. The first kappa shape index (κ1) is 20.4. The minimum absolute atomic E-state index is 0.0777. The number of nitrogens with zero attached hydrogens (tertiary/aromatic N) is 4. The van der Waals surface area contributed by atoms with Gasteiger partial charge in [0.2, 0.25) is 0 Å². The maximum Gasteiger partial charge on any atom is 0.264 e. The SMILES string of the molecule is Cc1cc(N2CCO[C@@H](c3c(C(=O)N4CCOCC4)sc4ccccc34)C2)nc(C)n1. The number of anilines is 1. The number of carbonyl (C=O) groups excluding carboxylic acids is 1. The van der Waals surface area contributed by atoms with Crippen molar-refractivity contribution in [1.82, 2.24) is 14.9 Å². The maximum atomic E-state index is 13.5. The van der Waals surface area contributed by atoms with Crippen LogP contribution in [0.15, 0.2) is 30.3 Å². The second-order valence-electron chi connectivity index (χ2n) is 7.97. The number of morpholine rings is 2. The molecule has 0 unspecified atom stereocenters. The topological polar surface area (TPSA) is 67.8 Å². The summed E-state index contributed by atoms with van der Waals surface area (Å²) < 4.78 is 12.8. The van der Waals surface area contributed by atoms with Gasteiger partial charge < -0.3 is 19.3 Å². The van der Waals surface area contributed by atoms with Crippen LogP contribution in [0.3, 0.4) is 0 Å². The number of ether oxygens (including phenoxy) is 2. The molecule has 7 nitrogen and oxygen atoms in total. The fourth-order valence-corrected chi connectivity index (χ4v) is 5.57. The van der Waals surface area contributed by atoms with Crippen molar-refractivity contribution in [2.24, 2.45) is 0 Å². The highest BCUT2D eigenvalue weighted by molar-refractivity contribution is 7.21. The van der Waals surface area contributed by atoms with E-state index in [2.05, 4.69) is 27.0 Å². The number of aryl methyl sites for hydroxylation is 2. The van der Waals surface area contributed by atoms with Gasteiger partial charge in [0.1, 0.15) is 17.7 Å². The van der Waals surface area contributed by atoms with Gasteiger partial charge in [0.15, 0.2) is 0 Å². The molecule has 162 valence electrons. The van der Waals surface area contributed by atoms with Gasteiger partial charge in [-0.3, -0.25) is 4.79 Å². The maximum absolute atomic E-state index is 13.5. The zero-order valence-corrected chi connectivity index (χ0v) is 18.7. The first-order valence-corrected chi connectivity index (χ1v) is 11.5. The first-order valence-electron chi connectivity index (χ1n) is 10.7. The number of amides is 1. The molecular formula is C23H26N4O3S. The molecule has 8 heteroatoms. The van der Waals surface area contributed by atoms with Crippen molar-refractivity contribution in [3.63, 3.8) is 0 Å². The molecule has 2 saturated heterocycles. The molecular weight excluding hydrogens is 412 g/mol. The molecule has 2 aliphatic rings. The molecule has 2 fully saturated rings. The Morgan fingerprint density at radius 1 is 1.10 bits per heavy atom. The summed E-state index contributed by atoms with van der Waals surface area (Å²) in [4.78, 5) is 27.4. The van der Waals surface area contributed by atoms with E-state index in [1.807, 2.05) is 36.9 Å². The highest BCUT2D eigenvalue weighted by Gasteiger charge is 2.32. The second kappa shape index (κ2) is 8.53. The van der Waals surface area contributed by atoms with E-state index in [4.69, 9.17) is 9.47 Å². The Hall–Kier alpha value is -2.55. The predicted octanol–water partition coefficient (Wildman–Crippen LogP) is 3.36. The Kier molecular flexibility index (Phi) is 5.60. The van der Waals surface area contributed by atoms with Gasteiger partial charge in [-0.2, -0.15) is 0 Å². The van der Waals surface area contributed by atoms with Gasteiger partial charge in [0, 0.05) is 48.2 Å². The normalized spacial score (nSPS) is 19.7. The number of fused-ring (bicyclic) bond motifs is 1. The van der Waals surface area contributed by atoms with Gasteiger partial charge >= 0.3 is 0 Å². The summed E-state index contributed by atoms with van der Waals surface area (Å²) in [6, 6.07) is 10.2. The average Bonchev–Trinajstić information content (AvgIpc) is 3.18. The van der Waals surface area contributed by atoms with E-state index in [1.54, 1.807) is 11.3 Å². The van der Waals surface area contributed by atoms with Gasteiger partial charge in [-0.15, -0.1) is 11.3 Å². The molecule has 3 aromatic rings. The summed E-state index contributed by atoms with van der Waals surface area (Å²) in [7, 11) is 0. The molecule has 0 saturated carbocycles. The summed E-state index contributed by atoms with van der Waals surface area (Å²) >= 11 is 1.57. The Morgan fingerprint density at radius 3 is 2.71 bits per heavy atom. The molecule has 0 bridgehead atoms. The lowest BCUT2D eigenvalue weighted by molar-refractivity contribution is 0.0281. The average molecular weight is 439 g/mol. The third kappa shape index (κ3) is 4.03. The molecule has 0 N–H and O–H groups in total. The van der Waals surface area contributed by atoms with Crippen LogP contribution in [-0.4, -0.2) is 66.8 Å². The van der Waals surface area contributed by atoms with Gasteiger partial charge in [-0.25, -0.2) is 9.97 Å². The molecule has 1 atom stereocenters. The van der Waals surface area contributed by atoms with Crippen LogP contribution in [0.25, 0.3) is 10.1 Å². The lowest BCUT2D eigenvalue weighted by atomic mass is 10.0. The highest BCUT2D eigenvalue weighted by Crippen LogP contribution is 2.39. The van der Waals surface area contributed by atoms with Gasteiger partial charge in [0.25, 0.3) is 5.91 Å². The van der Waals surface area contributed by atoms with E-state index >= 15 is 0 Å². The van der Waals surface area contributed by atoms with Crippen molar-refractivity contribution in [3.05, 3.63) is 52.3 Å².